The highest BCUT2D eigenvalue weighted by Crippen LogP contribution is 2.10. The van der Waals surface area contributed by atoms with Crippen LogP contribution in [0.4, 0.5) is 0 Å². The molecule has 0 atom stereocenters. The Hall–Kier alpha value is -0.620. The number of hydrogen-bond acceptors (Lipinski definition) is 4. The van der Waals surface area contributed by atoms with Crippen LogP contribution in [0.3, 0.4) is 0 Å². The summed E-state index contributed by atoms with van der Waals surface area (Å²) in [6, 6.07) is 0. The summed E-state index contributed by atoms with van der Waals surface area (Å²) in [4.78, 5) is 10.9. The molecule has 0 aromatic carbocycles. The van der Waals surface area contributed by atoms with Gasteiger partial charge in [0.25, 0.3) is 0 Å². The van der Waals surface area contributed by atoms with Crippen LogP contribution in [0.25, 0.3) is 0 Å². The van der Waals surface area contributed by atoms with Crippen LogP contribution in [0.5, 0.6) is 0 Å². The van der Waals surface area contributed by atoms with Gasteiger partial charge in [-0.3, -0.25) is 9.35 Å². The van der Waals surface area contributed by atoms with Crippen LogP contribution in [0.1, 0.15) is 71.1 Å². The molecule has 0 saturated carbocycles. The first-order valence-electron chi connectivity index (χ1n) is 6.65. The third-order valence-electron chi connectivity index (χ3n) is 2.68. The minimum atomic E-state index is -4.63. The van der Waals surface area contributed by atoms with E-state index < -0.39 is 16.4 Å². The first kappa shape index (κ1) is 17.4. The molecule has 0 saturated heterocycles. The van der Waals surface area contributed by atoms with Crippen molar-refractivity contribution in [2.45, 2.75) is 71.1 Å². The van der Waals surface area contributed by atoms with Crippen molar-refractivity contribution in [1.29, 1.82) is 0 Å². The summed E-state index contributed by atoms with van der Waals surface area (Å²) in [7, 11) is -4.63. The van der Waals surface area contributed by atoms with Crippen LogP contribution in [0.2, 0.25) is 0 Å². The van der Waals surface area contributed by atoms with Gasteiger partial charge in [-0.15, -0.1) is 0 Å². The molecule has 108 valence electrons. The molecule has 0 aromatic rings. The van der Waals surface area contributed by atoms with Crippen molar-refractivity contribution in [1.82, 2.24) is 0 Å². The van der Waals surface area contributed by atoms with Gasteiger partial charge in [0.15, 0.2) is 0 Å². The fraction of sp³-hybridized carbons (Fsp3) is 0.917. The lowest BCUT2D eigenvalue weighted by Gasteiger charge is -2.02. The van der Waals surface area contributed by atoms with Crippen LogP contribution < -0.4 is 0 Å². The number of carbonyl (C=O) groups excluding carboxylic acids is 1. The van der Waals surface area contributed by atoms with E-state index in [1.165, 1.54) is 32.1 Å². The van der Waals surface area contributed by atoms with E-state index in [0.717, 1.165) is 19.3 Å². The van der Waals surface area contributed by atoms with Gasteiger partial charge in [-0.1, -0.05) is 58.3 Å². The van der Waals surface area contributed by atoms with Crippen molar-refractivity contribution in [3.8, 4) is 0 Å². The van der Waals surface area contributed by atoms with E-state index in [1.807, 2.05) is 0 Å². The maximum atomic E-state index is 10.9. The van der Waals surface area contributed by atoms with Crippen molar-refractivity contribution in [3.05, 3.63) is 0 Å². The van der Waals surface area contributed by atoms with Crippen LogP contribution in [0, 0.1) is 0 Å². The highest BCUT2D eigenvalue weighted by atomic mass is 32.3. The van der Waals surface area contributed by atoms with Gasteiger partial charge in [-0.05, 0) is 6.42 Å². The zero-order chi connectivity index (χ0) is 13.9. The van der Waals surface area contributed by atoms with E-state index in [9.17, 15) is 13.2 Å². The molecule has 0 radical (unpaired) electrons. The average Bonchev–Trinajstić information content (AvgIpc) is 2.24. The molecule has 0 aliphatic heterocycles. The van der Waals surface area contributed by atoms with Crippen LogP contribution in [-0.2, 0) is 19.4 Å². The molecule has 1 N–H and O–H groups in total. The van der Waals surface area contributed by atoms with Gasteiger partial charge in [-0.2, -0.15) is 8.42 Å². The first-order valence-corrected chi connectivity index (χ1v) is 8.02. The zero-order valence-electron chi connectivity index (χ0n) is 11.1. The summed E-state index contributed by atoms with van der Waals surface area (Å²) >= 11 is 0. The summed E-state index contributed by atoms with van der Waals surface area (Å²) in [6.45, 7) is 2.19. The van der Waals surface area contributed by atoms with Gasteiger partial charge >= 0.3 is 16.4 Å². The van der Waals surface area contributed by atoms with Gasteiger partial charge in [0.2, 0.25) is 0 Å². The van der Waals surface area contributed by atoms with Crippen LogP contribution in [0.15, 0.2) is 0 Å². The van der Waals surface area contributed by atoms with E-state index in [-0.39, 0.29) is 6.42 Å². The summed E-state index contributed by atoms with van der Waals surface area (Å²) < 4.78 is 32.5. The zero-order valence-corrected chi connectivity index (χ0v) is 11.9. The monoisotopic (exact) mass is 280 g/mol. The maximum Gasteiger partial charge on any atom is 0.448 e. The van der Waals surface area contributed by atoms with E-state index in [4.69, 9.17) is 4.55 Å². The summed E-state index contributed by atoms with van der Waals surface area (Å²) in [5.74, 6) is -0.888. The highest BCUT2D eigenvalue weighted by Gasteiger charge is 2.12. The molecular weight excluding hydrogens is 256 g/mol. The van der Waals surface area contributed by atoms with Gasteiger partial charge < -0.3 is 4.18 Å². The van der Waals surface area contributed by atoms with Crippen LogP contribution >= 0.6 is 0 Å². The lowest BCUT2D eigenvalue weighted by atomic mass is 10.1. The van der Waals surface area contributed by atoms with Gasteiger partial charge in [-0.25, -0.2) is 0 Å². The standard InChI is InChI=1S/C12H24O5S/c1-2-3-4-5-6-7-8-9-10-11-12(13)17-18(14,15)16/h2-11H2,1H3,(H,14,15,16). The molecule has 0 heterocycles. The molecule has 0 bridgehead atoms. The molecule has 0 aliphatic carbocycles. The molecule has 6 heteroatoms. The topological polar surface area (TPSA) is 80.7 Å². The minimum absolute atomic E-state index is 0.0373. The van der Waals surface area contributed by atoms with E-state index in [2.05, 4.69) is 11.1 Å². The molecule has 0 fully saturated rings. The number of hydrogen-bond donors (Lipinski definition) is 1. The van der Waals surface area contributed by atoms with E-state index in [0.29, 0.717) is 6.42 Å². The van der Waals surface area contributed by atoms with E-state index in [1.54, 1.807) is 0 Å². The fourth-order valence-electron chi connectivity index (χ4n) is 1.74. The van der Waals surface area contributed by atoms with Crippen LogP contribution in [-0.4, -0.2) is 18.9 Å². The Morgan fingerprint density at radius 3 is 1.83 bits per heavy atom. The predicted molar refractivity (Wildman–Crippen MR) is 69.5 cm³/mol. The molecule has 0 aliphatic rings. The predicted octanol–water partition coefficient (Wildman–Crippen LogP) is 3.25. The average molecular weight is 280 g/mol. The Morgan fingerprint density at radius 1 is 0.944 bits per heavy atom. The second-order valence-electron chi connectivity index (χ2n) is 4.46. The maximum absolute atomic E-state index is 10.9. The van der Waals surface area contributed by atoms with Gasteiger partial charge in [0, 0.05) is 6.42 Å². The number of carbonyl (C=O) groups is 1. The Kier molecular flexibility index (Phi) is 9.96. The Balaban J connectivity index is 3.28. The summed E-state index contributed by atoms with van der Waals surface area (Å²) in [6.07, 6.45) is 10.0. The van der Waals surface area contributed by atoms with Crippen molar-refractivity contribution < 1.29 is 21.9 Å². The quantitative estimate of drug-likeness (QED) is 0.464. The lowest BCUT2D eigenvalue weighted by Crippen LogP contribution is -2.11. The van der Waals surface area contributed by atoms with Gasteiger partial charge in [0.1, 0.15) is 0 Å². The van der Waals surface area contributed by atoms with Gasteiger partial charge in [0.05, 0.1) is 0 Å². The lowest BCUT2D eigenvalue weighted by molar-refractivity contribution is -0.134. The second-order valence-corrected chi connectivity index (χ2v) is 5.48. The number of rotatable bonds is 11. The smallest absolute Gasteiger partial charge is 0.325 e. The Bertz CT molecular complexity index is 310. The molecule has 0 amide bonds. The third kappa shape index (κ3) is 13.4. The molecule has 5 nitrogen and oxygen atoms in total. The molecule has 0 rings (SSSR count). The largest absolute Gasteiger partial charge is 0.448 e. The molecule has 0 unspecified atom stereocenters. The SMILES string of the molecule is CCCCCCCCCCCC(=O)OS(=O)(=O)O. The van der Waals surface area contributed by atoms with Crippen molar-refractivity contribution >= 4 is 16.4 Å². The number of unbranched alkanes of at least 4 members (excludes halogenated alkanes) is 8. The molecule has 0 aromatic heterocycles. The molecular formula is C12H24O5S. The first-order chi connectivity index (χ1) is 8.45. The molecule has 18 heavy (non-hydrogen) atoms. The van der Waals surface area contributed by atoms with E-state index >= 15 is 0 Å². The highest BCUT2D eigenvalue weighted by molar-refractivity contribution is 7.81. The van der Waals surface area contributed by atoms with Crippen molar-refractivity contribution in [3.63, 3.8) is 0 Å². The third-order valence-corrected chi connectivity index (χ3v) is 3.08. The van der Waals surface area contributed by atoms with Crippen molar-refractivity contribution in [2.75, 3.05) is 0 Å². The second kappa shape index (κ2) is 10.3. The summed E-state index contributed by atoms with van der Waals surface area (Å²) in [5, 5.41) is 0. The molecule has 0 spiro atoms. The summed E-state index contributed by atoms with van der Waals surface area (Å²) in [5.41, 5.74) is 0. The minimum Gasteiger partial charge on any atom is -0.325 e. The fourth-order valence-corrected chi connectivity index (χ4v) is 2.06. The normalized spacial score (nSPS) is 11.4. The Labute approximate surface area is 110 Å². The Morgan fingerprint density at radius 2 is 1.39 bits per heavy atom. The van der Waals surface area contributed by atoms with Crippen molar-refractivity contribution in [2.24, 2.45) is 0 Å².